The van der Waals surface area contributed by atoms with E-state index < -0.39 is 5.97 Å². The molecule has 5 heteroatoms. The molecule has 0 radical (unpaired) electrons. The Morgan fingerprint density at radius 2 is 1.89 bits per heavy atom. The molecule has 1 N–H and O–H groups in total. The highest BCUT2D eigenvalue weighted by Gasteiger charge is 2.26. The van der Waals surface area contributed by atoms with Crippen molar-refractivity contribution in [3.05, 3.63) is 28.2 Å². The van der Waals surface area contributed by atoms with Crippen molar-refractivity contribution in [3.63, 3.8) is 0 Å². The molecule has 0 amide bonds. The third kappa shape index (κ3) is 2.60. The van der Waals surface area contributed by atoms with Crippen LogP contribution in [0.2, 0.25) is 0 Å². The molecule has 0 saturated heterocycles. The summed E-state index contributed by atoms with van der Waals surface area (Å²) in [7, 11) is 0. The molecule has 2 atom stereocenters. The fourth-order valence-electron chi connectivity index (χ4n) is 2.91. The van der Waals surface area contributed by atoms with Gasteiger partial charge in [0.15, 0.2) is 5.69 Å². The average molecular weight is 250 g/mol. The Morgan fingerprint density at radius 3 is 2.44 bits per heavy atom. The van der Waals surface area contributed by atoms with Crippen LogP contribution in [0.1, 0.15) is 49.6 Å². The molecule has 1 saturated carbocycles. The zero-order chi connectivity index (χ0) is 13.3. The standard InChI is InChI=1S/C13H18N2O3/c1-8-5-9(2)7-10(6-8)15-12(16)4-3-11(14-15)13(17)18/h3-4,8-10H,5-7H2,1-2H3,(H,17,18). The SMILES string of the molecule is CC1CC(C)CC(n2nc(C(=O)O)ccc2=O)C1. The maximum absolute atomic E-state index is 11.8. The van der Waals surface area contributed by atoms with E-state index in [0.29, 0.717) is 11.8 Å². The molecule has 1 heterocycles. The normalized spacial score (nSPS) is 28.0. The number of aromatic carboxylic acids is 1. The van der Waals surface area contributed by atoms with Crippen molar-refractivity contribution < 1.29 is 9.90 Å². The van der Waals surface area contributed by atoms with Crippen molar-refractivity contribution >= 4 is 5.97 Å². The monoisotopic (exact) mass is 250 g/mol. The Kier molecular flexibility index (Phi) is 3.50. The molecule has 5 nitrogen and oxygen atoms in total. The van der Waals surface area contributed by atoms with Gasteiger partial charge in [-0.1, -0.05) is 13.8 Å². The van der Waals surface area contributed by atoms with Gasteiger partial charge in [-0.25, -0.2) is 9.48 Å². The second-order valence-corrected chi connectivity index (χ2v) is 5.38. The Hall–Kier alpha value is -1.65. The Balaban J connectivity index is 2.34. The van der Waals surface area contributed by atoms with E-state index in [1.807, 2.05) is 0 Å². The Morgan fingerprint density at radius 1 is 1.28 bits per heavy atom. The van der Waals surface area contributed by atoms with E-state index in [0.717, 1.165) is 19.3 Å². The maximum atomic E-state index is 11.8. The lowest BCUT2D eigenvalue weighted by atomic mass is 9.80. The summed E-state index contributed by atoms with van der Waals surface area (Å²) in [4.78, 5) is 22.7. The molecular weight excluding hydrogens is 232 g/mol. The summed E-state index contributed by atoms with van der Waals surface area (Å²) in [5, 5.41) is 12.9. The molecule has 0 spiro atoms. The lowest BCUT2D eigenvalue weighted by Gasteiger charge is -2.31. The van der Waals surface area contributed by atoms with Gasteiger partial charge in [0.1, 0.15) is 0 Å². The second kappa shape index (κ2) is 4.92. The van der Waals surface area contributed by atoms with Crippen molar-refractivity contribution in [3.8, 4) is 0 Å². The fourth-order valence-corrected chi connectivity index (χ4v) is 2.91. The topological polar surface area (TPSA) is 72.2 Å². The molecule has 18 heavy (non-hydrogen) atoms. The Bertz CT molecular complexity index is 499. The Labute approximate surface area is 105 Å². The van der Waals surface area contributed by atoms with E-state index in [1.54, 1.807) is 0 Å². The van der Waals surface area contributed by atoms with Crippen LogP contribution in [0.25, 0.3) is 0 Å². The first-order chi connectivity index (χ1) is 8.47. The van der Waals surface area contributed by atoms with Crippen molar-refractivity contribution in [2.24, 2.45) is 11.8 Å². The number of carboxylic acids is 1. The third-order valence-corrected chi connectivity index (χ3v) is 3.54. The molecule has 0 bridgehead atoms. The third-order valence-electron chi connectivity index (χ3n) is 3.54. The van der Waals surface area contributed by atoms with Crippen LogP contribution in [0.4, 0.5) is 0 Å². The fraction of sp³-hybridized carbons (Fsp3) is 0.615. The van der Waals surface area contributed by atoms with Gasteiger partial charge in [0, 0.05) is 6.07 Å². The van der Waals surface area contributed by atoms with E-state index >= 15 is 0 Å². The number of aromatic nitrogens is 2. The zero-order valence-corrected chi connectivity index (χ0v) is 10.7. The van der Waals surface area contributed by atoms with Crippen LogP contribution in [-0.4, -0.2) is 20.9 Å². The van der Waals surface area contributed by atoms with Crippen molar-refractivity contribution in [1.29, 1.82) is 0 Å². The molecule has 1 aromatic rings. The van der Waals surface area contributed by atoms with Crippen molar-refractivity contribution in [2.45, 2.75) is 39.2 Å². The van der Waals surface area contributed by atoms with Crippen LogP contribution in [0, 0.1) is 11.8 Å². The highest BCUT2D eigenvalue weighted by molar-refractivity contribution is 5.84. The predicted octanol–water partition coefficient (Wildman–Crippen LogP) is 1.94. The largest absolute Gasteiger partial charge is 0.476 e. The van der Waals surface area contributed by atoms with Gasteiger partial charge >= 0.3 is 5.97 Å². The lowest BCUT2D eigenvalue weighted by Crippen LogP contribution is -2.33. The number of hydrogen-bond donors (Lipinski definition) is 1. The van der Waals surface area contributed by atoms with Crippen LogP contribution in [0.15, 0.2) is 16.9 Å². The van der Waals surface area contributed by atoms with Crippen molar-refractivity contribution in [2.75, 3.05) is 0 Å². The first kappa shape index (κ1) is 12.8. The minimum atomic E-state index is -1.10. The van der Waals surface area contributed by atoms with Gasteiger partial charge in [-0.15, -0.1) is 0 Å². The molecule has 1 fully saturated rings. The van der Waals surface area contributed by atoms with E-state index in [9.17, 15) is 9.59 Å². The van der Waals surface area contributed by atoms with Gasteiger partial charge < -0.3 is 5.11 Å². The van der Waals surface area contributed by atoms with Crippen LogP contribution < -0.4 is 5.56 Å². The van der Waals surface area contributed by atoms with Gasteiger partial charge in [0.2, 0.25) is 0 Å². The molecule has 2 rings (SSSR count). The predicted molar refractivity (Wildman–Crippen MR) is 66.7 cm³/mol. The van der Waals surface area contributed by atoms with Crippen molar-refractivity contribution in [1.82, 2.24) is 9.78 Å². The molecule has 2 unspecified atom stereocenters. The number of carbonyl (C=O) groups is 1. The van der Waals surface area contributed by atoms with E-state index in [-0.39, 0.29) is 17.3 Å². The minimum Gasteiger partial charge on any atom is -0.476 e. The van der Waals surface area contributed by atoms with Gasteiger partial charge in [0.25, 0.3) is 5.56 Å². The van der Waals surface area contributed by atoms with E-state index in [1.165, 1.54) is 16.8 Å². The first-order valence-electron chi connectivity index (χ1n) is 6.30. The maximum Gasteiger partial charge on any atom is 0.356 e. The van der Waals surface area contributed by atoms with Crippen LogP contribution >= 0.6 is 0 Å². The van der Waals surface area contributed by atoms with Crippen LogP contribution in [-0.2, 0) is 0 Å². The highest BCUT2D eigenvalue weighted by atomic mass is 16.4. The van der Waals surface area contributed by atoms with E-state index in [4.69, 9.17) is 5.11 Å². The van der Waals surface area contributed by atoms with Crippen LogP contribution in [0.3, 0.4) is 0 Å². The second-order valence-electron chi connectivity index (χ2n) is 5.38. The molecule has 0 aromatic carbocycles. The first-order valence-corrected chi connectivity index (χ1v) is 6.30. The summed E-state index contributed by atoms with van der Waals surface area (Å²) >= 11 is 0. The number of nitrogens with zero attached hydrogens (tertiary/aromatic N) is 2. The summed E-state index contributed by atoms with van der Waals surface area (Å²) in [6.45, 7) is 4.32. The number of rotatable bonds is 2. The van der Waals surface area contributed by atoms with E-state index in [2.05, 4.69) is 18.9 Å². The number of hydrogen-bond acceptors (Lipinski definition) is 3. The summed E-state index contributed by atoms with van der Waals surface area (Å²) < 4.78 is 1.36. The summed E-state index contributed by atoms with van der Waals surface area (Å²) in [5.41, 5.74) is -0.285. The summed E-state index contributed by atoms with van der Waals surface area (Å²) in [5.74, 6) is -0.0116. The molecule has 98 valence electrons. The lowest BCUT2D eigenvalue weighted by molar-refractivity contribution is 0.0685. The quantitative estimate of drug-likeness (QED) is 0.870. The van der Waals surface area contributed by atoms with Gasteiger partial charge in [-0.3, -0.25) is 4.79 Å². The molecular formula is C13H18N2O3. The van der Waals surface area contributed by atoms with Crippen LogP contribution in [0.5, 0.6) is 0 Å². The van der Waals surface area contributed by atoms with Gasteiger partial charge in [-0.05, 0) is 37.2 Å². The summed E-state index contributed by atoms with van der Waals surface area (Å²) in [6, 6.07) is 2.58. The number of carboxylic acid groups (broad SMARTS) is 1. The molecule has 1 aromatic heterocycles. The minimum absolute atomic E-state index is 0.0237. The highest BCUT2D eigenvalue weighted by Crippen LogP contribution is 2.34. The molecule has 0 aliphatic heterocycles. The molecule has 1 aliphatic rings. The van der Waals surface area contributed by atoms with Gasteiger partial charge in [0.05, 0.1) is 6.04 Å². The van der Waals surface area contributed by atoms with Gasteiger partial charge in [-0.2, -0.15) is 5.10 Å². The smallest absolute Gasteiger partial charge is 0.356 e. The average Bonchev–Trinajstić information content (AvgIpc) is 2.27. The zero-order valence-electron chi connectivity index (χ0n) is 10.7. The summed E-state index contributed by atoms with van der Waals surface area (Å²) in [6.07, 6.45) is 2.94. The molecule has 1 aliphatic carbocycles.